The number of rotatable bonds is 11. The van der Waals surface area contributed by atoms with E-state index in [-0.39, 0.29) is 0 Å². The lowest BCUT2D eigenvalue weighted by Gasteiger charge is -2.25. The second kappa shape index (κ2) is 11.5. The molecule has 0 aromatic heterocycles. The molecular formula is C16H34. The molecule has 0 aliphatic heterocycles. The first-order valence-electron chi connectivity index (χ1n) is 7.79. The van der Waals surface area contributed by atoms with Crippen LogP contribution in [0.4, 0.5) is 0 Å². The van der Waals surface area contributed by atoms with Gasteiger partial charge in [0.25, 0.3) is 0 Å². The molecule has 0 heteroatoms. The third-order valence-corrected chi connectivity index (χ3v) is 4.07. The molecule has 0 heterocycles. The molecule has 0 aromatic rings. The summed E-state index contributed by atoms with van der Waals surface area (Å²) >= 11 is 0. The van der Waals surface area contributed by atoms with E-state index in [9.17, 15) is 0 Å². The Morgan fingerprint density at radius 2 is 1.06 bits per heavy atom. The minimum atomic E-state index is 1.01. The summed E-state index contributed by atoms with van der Waals surface area (Å²) in [7, 11) is 0. The second-order valence-electron chi connectivity index (χ2n) is 5.33. The summed E-state index contributed by atoms with van der Waals surface area (Å²) < 4.78 is 0. The van der Waals surface area contributed by atoms with Crippen LogP contribution in [-0.2, 0) is 0 Å². The lowest BCUT2D eigenvalue weighted by atomic mass is 9.81. The highest BCUT2D eigenvalue weighted by Crippen LogP contribution is 2.29. The fourth-order valence-corrected chi connectivity index (χ4v) is 2.85. The van der Waals surface area contributed by atoms with Crippen LogP contribution in [0, 0.1) is 11.8 Å². The largest absolute Gasteiger partial charge is 0.0654 e. The molecule has 98 valence electrons. The molecule has 0 nitrogen and oxygen atoms in total. The van der Waals surface area contributed by atoms with Crippen LogP contribution in [0.3, 0.4) is 0 Å². The molecule has 0 bridgehead atoms. The molecule has 0 saturated heterocycles. The summed E-state index contributed by atoms with van der Waals surface area (Å²) in [5.41, 5.74) is 0. The molecule has 2 atom stereocenters. The molecule has 0 radical (unpaired) electrons. The summed E-state index contributed by atoms with van der Waals surface area (Å²) in [6.07, 6.45) is 14.3. The Hall–Kier alpha value is 0. The summed E-state index contributed by atoms with van der Waals surface area (Å²) in [5, 5.41) is 0. The van der Waals surface area contributed by atoms with Gasteiger partial charge in [0.2, 0.25) is 0 Å². The number of unbranched alkanes of at least 4 members (excludes halogenated alkanes) is 4. The Kier molecular flexibility index (Phi) is 11.5. The predicted octanol–water partition coefficient (Wildman–Crippen LogP) is 6.20. The quantitative estimate of drug-likeness (QED) is 0.368. The normalized spacial score (nSPS) is 15.0. The maximum Gasteiger partial charge on any atom is -0.0389 e. The molecule has 0 amide bonds. The molecule has 0 N–H and O–H groups in total. The molecule has 0 spiro atoms. The van der Waals surface area contributed by atoms with Crippen molar-refractivity contribution >= 4 is 0 Å². The number of hydrogen-bond donors (Lipinski definition) is 0. The highest BCUT2D eigenvalue weighted by atomic mass is 14.2. The van der Waals surface area contributed by atoms with E-state index in [1.54, 1.807) is 0 Å². The maximum absolute atomic E-state index is 2.39. The van der Waals surface area contributed by atoms with Gasteiger partial charge in [-0.05, 0) is 11.8 Å². The van der Waals surface area contributed by atoms with Gasteiger partial charge in [-0.2, -0.15) is 0 Å². The summed E-state index contributed by atoms with van der Waals surface area (Å²) in [6, 6.07) is 0. The standard InChI is InChI=1S/C16H34/c1-5-9-11-12-14-16(8-4)15(7-3)13-10-6-2/h15-16H,5-14H2,1-4H3. The molecule has 0 rings (SSSR count). The van der Waals surface area contributed by atoms with E-state index in [1.807, 2.05) is 0 Å². The van der Waals surface area contributed by atoms with Crippen LogP contribution in [0.1, 0.15) is 91.9 Å². The Labute approximate surface area is 104 Å². The summed E-state index contributed by atoms with van der Waals surface area (Å²) in [4.78, 5) is 0. The zero-order valence-corrected chi connectivity index (χ0v) is 12.2. The average Bonchev–Trinajstić information content (AvgIpc) is 2.32. The topological polar surface area (TPSA) is 0 Å². The molecule has 0 fully saturated rings. The van der Waals surface area contributed by atoms with Crippen molar-refractivity contribution in [3.63, 3.8) is 0 Å². The minimum absolute atomic E-state index is 1.01. The molecule has 0 saturated carbocycles. The van der Waals surface area contributed by atoms with Crippen LogP contribution in [0.15, 0.2) is 0 Å². The van der Waals surface area contributed by atoms with Crippen molar-refractivity contribution in [2.45, 2.75) is 91.9 Å². The Bertz CT molecular complexity index is 128. The van der Waals surface area contributed by atoms with Gasteiger partial charge in [0.05, 0.1) is 0 Å². The zero-order chi connectivity index (χ0) is 12.2. The van der Waals surface area contributed by atoms with Crippen LogP contribution in [0.5, 0.6) is 0 Å². The molecular weight excluding hydrogens is 192 g/mol. The third-order valence-electron chi connectivity index (χ3n) is 4.07. The van der Waals surface area contributed by atoms with Crippen molar-refractivity contribution in [1.29, 1.82) is 0 Å². The van der Waals surface area contributed by atoms with E-state index in [1.165, 1.54) is 64.2 Å². The lowest BCUT2D eigenvalue weighted by molar-refractivity contribution is 0.265. The van der Waals surface area contributed by atoms with E-state index in [4.69, 9.17) is 0 Å². The highest BCUT2D eigenvalue weighted by molar-refractivity contribution is 4.68. The van der Waals surface area contributed by atoms with Gasteiger partial charge in [-0.1, -0.05) is 91.9 Å². The van der Waals surface area contributed by atoms with Crippen LogP contribution in [0.2, 0.25) is 0 Å². The monoisotopic (exact) mass is 226 g/mol. The molecule has 0 aliphatic rings. The molecule has 16 heavy (non-hydrogen) atoms. The SMILES string of the molecule is CCCCCCC(CC)C(CC)CCCC. The van der Waals surface area contributed by atoms with E-state index < -0.39 is 0 Å². The second-order valence-corrected chi connectivity index (χ2v) is 5.33. The van der Waals surface area contributed by atoms with Gasteiger partial charge < -0.3 is 0 Å². The van der Waals surface area contributed by atoms with Crippen LogP contribution < -0.4 is 0 Å². The van der Waals surface area contributed by atoms with Gasteiger partial charge in [-0.15, -0.1) is 0 Å². The third kappa shape index (κ3) is 7.30. The summed E-state index contributed by atoms with van der Waals surface area (Å²) in [6.45, 7) is 9.39. The van der Waals surface area contributed by atoms with E-state index in [0.717, 1.165) is 11.8 Å². The smallest absolute Gasteiger partial charge is 0.0389 e. The summed E-state index contributed by atoms with van der Waals surface area (Å²) in [5.74, 6) is 2.01. The highest BCUT2D eigenvalue weighted by Gasteiger charge is 2.17. The van der Waals surface area contributed by atoms with E-state index in [2.05, 4.69) is 27.7 Å². The van der Waals surface area contributed by atoms with Crippen molar-refractivity contribution in [2.24, 2.45) is 11.8 Å². The lowest BCUT2D eigenvalue weighted by Crippen LogP contribution is -2.13. The average molecular weight is 226 g/mol. The van der Waals surface area contributed by atoms with Crippen LogP contribution in [0.25, 0.3) is 0 Å². The van der Waals surface area contributed by atoms with Gasteiger partial charge in [-0.3, -0.25) is 0 Å². The van der Waals surface area contributed by atoms with Crippen molar-refractivity contribution < 1.29 is 0 Å². The minimum Gasteiger partial charge on any atom is -0.0654 e. The van der Waals surface area contributed by atoms with Gasteiger partial charge in [-0.25, -0.2) is 0 Å². The van der Waals surface area contributed by atoms with Gasteiger partial charge >= 0.3 is 0 Å². The fourth-order valence-electron chi connectivity index (χ4n) is 2.85. The van der Waals surface area contributed by atoms with E-state index >= 15 is 0 Å². The zero-order valence-electron chi connectivity index (χ0n) is 12.2. The van der Waals surface area contributed by atoms with Crippen molar-refractivity contribution in [3.8, 4) is 0 Å². The molecule has 0 aromatic carbocycles. The Morgan fingerprint density at radius 1 is 0.562 bits per heavy atom. The fraction of sp³-hybridized carbons (Fsp3) is 1.00. The Balaban J connectivity index is 3.81. The van der Waals surface area contributed by atoms with Crippen molar-refractivity contribution in [1.82, 2.24) is 0 Å². The molecule has 0 aliphatic carbocycles. The van der Waals surface area contributed by atoms with Crippen LogP contribution in [-0.4, -0.2) is 0 Å². The Morgan fingerprint density at radius 3 is 1.50 bits per heavy atom. The van der Waals surface area contributed by atoms with Gasteiger partial charge in [0, 0.05) is 0 Å². The van der Waals surface area contributed by atoms with Gasteiger partial charge in [0.1, 0.15) is 0 Å². The first-order valence-corrected chi connectivity index (χ1v) is 7.79. The van der Waals surface area contributed by atoms with Crippen LogP contribution >= 0.6 is 0 Å². The van der Waals surface area contributed by atoms with Crippen molar-refractivity contribution in [3.05, 3.63) is 0 Å². The molecule has 2 unspecified atom stereocenters. The van der Waals surface area contributed by atoms with E-state index in [0.29, 0.717) is 0 Å². The predicted molar refractivity (Wildman–Crippen MR) is 75.8 cm³/mol. The first-order chi connectivity index (χ1) is 7.79. The van der Waals surface area contributed by atoms with Gasteiger partial charge in [0.15, 0.2) is 0 Å². The maximum atomic E-state index is 2.39. The number of hydrogen-bond acceptors (Lipinski definition) is 0. The first kappa shape index (κ1) is 16.0. The van der Waals surface area contributed by atoms with Crippen molar-refractivity contribution in [2.75, 3.05) is 0 Å².